The number of rotatable bonds is 4. The van der Waals surface area contributed by atoms with Crippen molar-refractivity contribution in [1.29, 1.82) is 0 Å². The van der Waals surface area contributed by atoms with Gasteiger partial charge >= 0.3 is 5.97 Å². The Bertz CT molecular complexity index is 368. The molecule has 1 aliphatic heterocycles. The number of nitrogens with zero attached hydrogens (tertiary/aromatic N) is 1. The molecule has 1 rings (SSSR count). The van der Waals surface area contributed by atoms with Crippen LogP contribution in [-0.4, -0.2) is 48.0 Å². The van der Waals surface area contributed by atoms with E-state index < -0.39 is 10.7 Å². The van der Waals surface area contributed by atoms with Crippen molar-refractivity contribution in [3.8, 4) is 0 Å². The molecule has 0 saturated carbocycles. The van der Waals surface area contributed by atoms with E-state index in [9.17, 15) is 9.59 Å². The molecule has 17 heavy (non-hydrogen) atoms. The predicted octanol–water partition coefficient (Wildman–Crippen LogP) is 0.354. The molecule has 0 radical (unpaired) electrons. The number of hydrogen-bond acceptors (Lipinski definition) is 6. The smallest absolute Gasteiger partial charge is 0.338 e. The molecule has 0 aromatic heterocycles. The number of nitrogens with two attached hydrogens (primary N) is 1. The van der Waals surface area contributed by atoms with Crippen LogP contribution in [-0.2, 0) is 14.3 Å². The summed E-state index contributed by atoms with van der Waals surface area (Å²) >= 11 is 1.35. The zero-order valence-corrected chi connectivity index (χ0v) is 11.3. The van der Waals surface area contributed by atoms with Crippen molar-refractivity contribution < 1.29 is 14.3 Å². The first-order valence-corrected chi connectivity index (χ1v) is 6.23. The summed E-state index contributed by atoms with van der Waals surface area (Å²) in [6, 6.07) is 0. The lowest BCUT2D eigenvalue weighted by atomic mass is 10.0. The van der Waals surface area contributed by atoms with Crippen LogP contribution in [0.3, 0.4) is 0 Å². The van der Waals surface area contributed by atoms with Gasteiger partial charge in [-0.2, -0.15) is 0 Å². The van der Waals surface area contributed by atoms with Gasteiger partial charge in [-0.3, -0.25) is 4.90 Å². The van der Waals surface area contributed by atoms with Crippen LogP contribution < -0.4 is 5.73 Å². The maximum atomic E-state index is 11.9. The predicted molar refractivity (Wildman–Crippen MR) is 67.4 cm³/mol. The monoisotopic (exact) mass is 258 g/mol. The summed E-state index contributed by atoms with van der Waals surface area (Å²) in [6.07, 6.45) is 0.774. The van der Waals surface area contributed by atoms with E-state index in [0.717, 1.165) is 6.29 Å². The van der Waals surface area contributed by atoms with Crippen LogP contribution in [0.15, 0.2) is 11.3 Å². The van der Waals surface area contributed by atoms with Gasteiger partial charge in [0.05, 0.1) is 17.6 Å². The number of carbonyl (C=O) groups is 2. The third-order valence-electron chi connectivity index (χ3n) is 2.62. The second kappa shape index (κ2) is 5.10. The van der Waals surface area contributed by atoms with E-state index >= 15 is 0 Å². The van der Waals surface area contributed by atoms with Gasteiger partial charge in [-0.1, -0.05) is 0 Å². The summed E-state index contributed by atoms with van der Waals surface area (Å²) in [5, 5.41) is -0.246. The Hall–Kier alpha value is -1.01. The second-order valence-electron chi connectivity index (χ2n) is 4.21. The number of aldehydes is 1. The highest BCUT2D eigenvalue weighted by atomic mass is 32.2. The van der Waals surface area contributed by atoms with E-state index in [1.54, 1.807) is 13.8 Å². The van der Waals surface area contributed by atoms with Gasteiger partial charge in [0, 0.05) is 5.70 Å². The highest BCUT2D eigenvalue weighted by molar-refractivity contribution is 8.02. The van der Waals surface area contributed by atoms with E-state index in [1.165, 1.54) is 11.8 Å². The van der Waals surface area contributed by atoms with Crippen molar-refractivity contribution in [1.82, 2.24) is 4.90 Å². The molecule has 0 aromatic rings. The van der Waals surface area contributed by atoms with Gasteiger partial charge in [0.2, 0.25) is 0 Å². The maximum absolute atomic E-state index is 11.9. The summed E-state index contributed by atoms with van der Waals surface area (Å²) < 4.78 is 4.13. The first kappa shape index (κ1) is 14.1. The van der Waals surface area contributed by atoms with Gasteiger partial charge < -0.3 is 15.3 Å². The summed E-state index contributed by atoms with van der Waals surface area (Å²) in [7, 11) is 3.67. The summed E-state index contributed by atoms with van der Waals surface area (Å²) in [6.45, 7) is 3.74. The quantitative estimate of drug-likeness (QED) is 0.579. The third-order valence-corrected chi connectivity index (χ3v) is 4.30. The number of ether oxygens (including phenoxy) is 1. The van der Waals surface area contributed by atoms with E-state index in [4.69, 9.17) is 10.5 Å². The van der Waals surface area contributed by atoms with Crippen LogP contribution in [0.25, 0.3) is 0 Å². The molecule has 0 spiro atoms. The van der Waals surface area contributed by atoms with Crippen molar-refractivity contribution in [2.75, 3.05) is 20.7 Å². The summed E-state index contributed by atoms with van der Waals surface area (Å²) in [5.41, 5.74) is 6.61. The molecule has 0 fully saturated rings. The Morgan fingerprint density at radius 3 is 2.65 bits per heavy atom. The van der Waals surface area contributed by atoms with Crippen LogP contribution in [0.5, 0.6) is 0 Å². The molecule has 0 aromatic carbocycles. The molecule has 96 valence electrons. The Morgan fingerprint density at radius 2 is 2.24 bits per heavy atom. The molecule has 0 bridgehead atoms. The molecule has 0 aliphatic carbocycles. The topological polar surface area (TPSA) is 72.6 Å². The molecular formula is C11H18N2O3S. The molecule has 5 nitrogen and oxygen atoms in total. The minimum atomic E-state index is -0.850. The fourth-order valence-electron chi connectivity index (χ4n) is 1.63. The molecule has 0 saturated heterocycles. The van der Waals surface area contributed by atoms with Gasteiger partial charge in [0.15, 0.2) is 0 Å². The van der Waals surface area contributed by atoms with Crippen LogP contribution >= 0.6 is 11.8 Å². The van der Waals surface area contributed by atoms with Gasteiger partial charge in [-0.15, -0.1) is 11.8 Å². The lowest BCUT2D eigenvalue weighted by Gasteiger charge is -2.22. The van der Waals surface area contributed by atoms with Crippen molar-refractivity contribution >= 4 is 24.0 Å². The molecule has 1 heterocycles. The lowest BCUT2D eigenvalue weighted by Crippen LogP contribution is -2.30. The number of likely N-dealkylation sites (N-methyl/N-ethyl adjacent to an activating group) is 1. The number of esters is 1. The zero-order chi connectivity index (χ0) is 13.2. The molecule has 0 amide bonds. The van der Waals surface area contributed by atoms with E-state index in [-0.39, 0.29) is 12.0 Å². The summed E-state index contributed by atoms with van der Waals surface area (Å²) in [5.74, 6) is -0.443. The molecule has 2 N–H and O–H groups in total. The van der Waals surface area contributed by atoms with Crippen LogP contribution in [0.2, 0.25) is 0 Å². The second-order valence-corrected chi connectivity index (χ2v) is 5.74. The largest absolute Gasteiger partial charge is 0.463 e. The van der Waals surface area contributed by atoms with Gasteiger partial charge in [-0.05, 0) is 27.9 Å². The average molecular weight is 258 g/mol. The molecule has 2 unspecified atom stereocenters. The molecule has 1 aliphatic rings. The Kier molecular flexibility index (Phi) is 4.21. The first-order chi connectivity index (χ1) is 7.87. The Labute approximate surface area is 105 Å². The number of carbonyl (C=O) groups excluding carboxylic acids is 2. The van der Waals surface area contributed by atoms with Crippen molar-refractivity contribution in [2.24, 2.45) is 5.73 Å². The number of hydrogen-bond donors (Lipinski definition) is 1. The normalized spacial score (nSPS) is 28.6. The van der Waals surface area contributed by atoms with Crippen LogP contribution in [0, 0.1) is 0 Å². The van der Waals surface area contributed by atoms with Gasteiger partial charge in [-0.25, -0.2) is 4.79 Å². The van der Waals surface area contributed by atoms with Crippen LogP contribution in [0.1, 0.15) is 13.8 Å². The minimum absolute atomic E-state index is 0.246. The van der Waals surface area contributed by atoms with E-state index in [1.807, 2.05) is 19.0 Å². The first-order valence-electron chi connectivity index (χ1n) is 5.35. The van der Waals surface area contributed by atoms with Crippen molar-refractivity contribution in [3.05, 3.63) is 11.3 Å². The fourth-order valence-corrected chi connectivity index (χ4v) is 2.94. The SMILES string of the molecule is CCOC(=O)C1=C(N)C(C)(C=O)SC1N(C)C. The third kappa shape index (κ3) is 2.47. The minimum Gasteiger partial charge on any atom is -0.463 e. The number of thioether (sulfide) groups is 1. The van der Waals surface area contributed by atoms with Gasteiger partial charge in [0.25, 0.3) is 0 Å². The van der Waals surface area contributed by atoms with Crippen molar-refractivity contribution in [2.45, 2.75) is 24.0 Å². The van der Waals surface area contributed by atoms with Crippen molar-refractivity contribution in [3.63, 3.8) is 0 Å². The van der Waals surface area contributed by atoms with Crippen LogP contribution in [0.4, 0.5) is 0 Å². The summed E-state index contributed by atoms with van der Waals surface area (Å²) in [4.78, 5) is 24.8. The molecule has 6 heteroatoms. The lowest BCUT2D eigenvalue weighted by molar-refractivity contribution is -0.138. The van der Waals surface area contributed by atoms with Gasteiger partial charge in [0.1, 0.15) is 11.0 Å². The van der Waals surface area contributed by atoms with E-state index in [0.29, 0.717) is 11.3 Å². The Balaban J connectivity index is 3.16. The fraction of sp³-hybridized carbons (Fsp3) is 0.636. The highest BCUT2D eigenvalue weighted by Gasteiger charge is 2.46. The highest BCUT2D eigenvalue weighted by Crippen LogP contribution is 2.44. The van der Waals surface area contributed by atoms with E-state index in [2.05, 4.69) is 0 Å². The average Bonchev–Trinajstić information content (AvgIpc) is 2.53. The maximum Gasteiger partial charge on any atom is 0.338 e. The zero-order valence-electron chi connectivity index (χ0n) is 10.5. The molecular weight excluding hydrogens is 240 g/mol. The standard InChI is InChI=1S/C11H18N2O3S/c1-5-16-10(15)7-8(12)11(2,6-14)17-9(7)13(3)4/h6,9H,5,12H2,1-4H3. The Morgan fingerprint density at radius 1 is 1.65 bits per heavy atom. The molecule has 2 atom stereocenters.